The molecule has 0 aliphatic rings. The molecule has 2 heteroatoms. The lowest BCUT2D eigenvalue weighted by atomic mass is 9.97. The quantitative estimate of drug-likeness (QED) is 0.745. The van der Waals surface area contributed by atoms with Crippen molar-refractivity contribution in [1.82, 2.24) is 0 Å². The maximum absolute atomic E-state index is 9.83. The zero-order chi connectivity index (χ0) is 9.84. The topological polar surface area (TPSA) is 46.2 Å². The van der Waals surface area contributed by atoms with E-state index in [4.69, 9.17) is 5.73 Å². The molecular weight excluding hydrogens is 162 g/mol. The first-order chi connectivity index (χ1) is 6.20. The first-order valence-corrected chi connectivity index (χ1v) is 4.71. The van der Waals surface area contributed by atoms with Gasteiger partial charge in [-0.1, -0.05) is 32.0 Å². The van der Waals surface area contributed by atoms with Gasteiger partial charge in [-0.3, -0.25) is 0 Å². The Labute approximate surface area is 79.4 Å². The Morgan fingerprint density at radius 3 is 2.69 bits per heavy atom. The second kappa shape index (κ2) is 4.28. The third-order valence-electron chi connectivity index (χ3n) is 2.42. The molecular formula is C11H17NO. The van der Waals surface area contributed by atoms with Crippen LogP contribution in [0.15, 0.2) is 18.2 Å². The average molecular weight is 179 g/mol. The summed E-state index contributed by atoms with van der Waals surface area (Å²) in [5, 5.41) is 9.83. The highest BCUT2D eigenvalue weighted by Crippen LogP contribution is 2.28. The summed E-state index contributed by atoms with van der Waals surface area (Å²) in [6, 6.07) is 5.86. The van der Waals surface area contributed by atoms with E-state index in [-0.39, 0.29) is 5.92 Å². The zero-order valence-corrected chi connectivity index (χ0v) is 8.25. The standard InChI is InChI=1S/C11H17NO/c1-3-9-5-4-6-10(11(9)13)8(2)7-12/h4-6,8,13H,3,7,12H2,1-2H3. The van der Waals surface area contributed by atoms with E-state index in [1.165, 1.54) is 0 Å². The van der Waals surface area contributed by atoms with E-state index in [9.17, 15) is 5.11 Å². The monoisotopic (exact) mass is 179 g/mol. The Balaban J connectivity index is 3.08. The van der Waals surface area contributed by atoms with Gasteiger partial charge in [-0.2, -0.15) is 0 Å². The Hall–Kier alpha value is -1.02. The molecule has 0 aliphatic carbocycles. The van der Waals surface area contributed by atoms with E-state index >= 15 is 0 Å². The van der Waals surface area contributed by atoms with Crippen molar-refractivity contribution in [3.63, 3.8) is 0 Å². The van der Waals surface area contributed by atoms with Gasteiger partial charge in [-0.05, 0) is 30.0 Å². The molecule has 1 atom stereocenters. The molecule has 0 saturated carbocycles. The van der Waals surface area contributed by atoms with Crippen molar-refractivity contribution in [1.29, 1.82) is 0 Å². The van der Waals surface area contributed by atoms with Crippen molar-refractivity contribution < 1.29 is 5.11 Å². The van der Waals surface area contributed by atoms with Gasteiger partial charge < -0.3 is 10.8 Å². The van der Waals surface area contributed by atoms with Crippen LogP contribution in [0.1, 0.15) is 30.9 Å². The van der Waals surface area contributed by atoms with Crippen molar-refractivity contribution in [3.05, 3.63) is 29.3 Å². The van der Waals surface area contributed by atoms with Crippen LogP contribution in [0.2, 0.25) is 0 Å². The van der Waals surface area contributed by atoms with E-state index in [1.54, 1.807) is 0 Å². The maximum atomic E-state index is 9.83. The first-order valence-electron chi connectivity index (χ1n) is 4.71. The van der Waals surface area contributed by atoms with Crippen molar-refractivity contribution in [2.45, 2.75) is 26.2 Å². The zero-order valence-electron chi connectivity index (χ0n) is 8.25. The molecule has 0 aliphatic heterocycles. The smallest absolute Gasteiger partial charge is 0.122 e. The molecule has 72 valence electrons. The summed E-state index contributed by atoms with van der Waals surface area (Å²) in [5.74, 6) is 0.648. The van der Waals surface area contributed by atoms with E-state index in [0.717, 1.165) is 17.5 Å². The SMILES string of the molecule is CCc1cccc(C(C)CN)c1O. The first kappa shape index (κ1) is 10.1. The van der Waals surface area contributed by atoms with E-state index in [1.807, 2.05) is 32.0 Å². The number of rotatable bonds is 3. The number of phenolic OH excluding ortho intramolecular Hbond substituents is 1. The maximum Gasteiger partial charge on any atom is 0.122 e. The van der Waals surface area contributed by atoms with Crippen LogP contribution in [-0.2, 0) is 6.42 Å². The largest absolute Gasteiger partial charge is 0.507 e. The number of nitrogens with two attached hydrogens (primary N) is 1. The molecule has 0 aromatic heterocycles. The van der Waals surface area contributed by atoms with Crippen LogP contribution >= 0.6 is 0 Å². The van der Waals surface area contributed by atoms with Gasteiger partial charge in [0.1, 0.15) is 5.75 Å². The fourth-order valence-electron chi connectivity index (χ4n) is 1.42. The number of aromatic hydroxyl groups is 1. The summed E-state index contributed by atoms with van der Waals surface area (Å²) in [6.45, 7) is 4.63. The number of phenols is 1. The Morgan fingerprint density at radius 2 is 2.15 bits per heavy atom. The molecule has 1 aromatic carbocycles. The fraction of sp³-hybridized carbons (Fsp3) is 0.455. The molecule has 3 N–H and O–H groups in total. The Morgan fingerprint density at radius 1 is 1.46 bits per heavy atom. The van der Waals surface area contributed by atoms with E-state index < -0.39 is 0 Å². The van der Waals surface area contributed by atoms with E-state index in [0.29, 0.717) is 12.3 Å². The highest BCUT2D eigenvalue weighted by molar-refractivity contribution is 5.42. The minimum absolute atomic E-state index is 0.228. The molecule has 0 heterocycles. The third-order valence-corrected chi connectivity index (χ3v) is 2.42. The molecule has 1 unspecified atom stereocenters. The van der Waals surface area contributed by atoms with Crippen molar-refractivity contribution >= 4 is 0 Å². The second-order valence-corrected chi connectivity index (χ2v) is 3.35. The van der Waals surface area contributed by atoms with Gasteiger partial charge >= 0.3 is 0 Å². The third kappa shape index (κ3) is 2.01. The highest BCUT2D eigenvalue weighted by Gasteiger charge is 2.10. The van der Waals surface area contributed by atoms with Crippen molar-refractivity contribution in [2.24, 2.45) is 5.73 Å². The molecule has 0 bridgehead atoms. The highest BCUT2D eigenvalue weighted by atomic mass is 16.3. The molecule has 0 saturated heterocycles. The van der Waals surface area contributed by atoms with Crippen molar-refractivity contribution in [3.8, 4) is 5.75 Å². The predicted octanol–water partition coefficient (Wildman–Crippen LogP) is 2.02. The van der Waals surface area contributed by atoms with Gasteiger partial charge in [0.15, 0.2) is 0 Å². The lowest BCUT2D eigenvalue weighted by Gasteiger charge is -2.13. The Bertz CT molecular complexity index is 283. The summed E-state index contributed by atoms with van der Waals surface area (Å²) < 4.78 is 0. The van der Waals surface area contributed by atoms with Gasteiger partial charge in [-0.25, -0.2) is 0 Å². The van der Waals surface area contributed by atoms with Crippen molar-refractivity contribution in [2.75, 3.05) is 6.54 Å². The summed E-state index contributed by atoms with van der Waals surface area (Å²) in [4.78, 5) is 0. The van der Waals surface area contributed by atoms with Crippen LogP contribution in [-0.4, -0.2) is 11.7 Å². The Kier molecular flexibility index (Phi) is 3.32. The number of hydrogen-bond acceptors (Lipinski definition) is 2. The van der Waals surface area contributed by atoms with Crippen LogP contribution in [0.4, 0.5) is 0 Å². The fourth-order valence-corrected chi connectivity index (χ4v) is 1.42. The van der Waals surface area contributed by atoms with Gasteiger partial charge in [0.05, 0.1) is 0 Å². The number of benzene rings is 1. The van der Waals surface area contributed by atoms with Crippen LogP contribution in [0.3, 0.4) is 0 Å². The number of hydrogen-bond donors (Lipinski definition) is 2. The van der Waals surface area contributed by atoms with Gasteiger partial charge in [0.25, 0.3) is 0 Å². The molecule has 0 fully saturated rings. The van der Waals surface area contributed by atoms with Crippen LogP contribution in [0.25, 0.3) is 0 Å². The molecule has 0 spiro atoms. The summed E-state index contributed by atoms with van der Waals surface area (Å²) in [7, 11) is 0. The van der Waals surface area contributed by atoms with Crippen LogP contribution < -0.4 is 5.73 Å². The molecule has 13 heavy (non-hydrogen) atoms. The number of para-hydroxylation sites is 1. The normalized spacial score (nSPS) is 12.8. The minimum Gasteiger partial charge on any atom is -0.507 e. The number of aryl methyl sites for hydroxylation is 1. The molecule has 2 nitrogen and oxygen atoms in total. The minimum atomic E-state index is 0.228. The molecule has 1 rings (SSSR count). The summed E-state index contributed by atoms with van der Waals surface area (Å²) in [6.07, 6.45) is 0.858. The van der Waals surface area contributed by atoms with Gasteiger partial charge in [-0.15, -0.1) is 0 Å². The lowest BCUT2D eigenvalue weighted by Crippen LogP contribution is -2.09. The molecule has 0 amide bonds. The predicted molar refractivity (Wildman–Crippen MR) is 55.0 cm³/mol. The summed E-state index contributed by atoms with van der Waals surface area (Å²) >= 11 is 0. The summed E-state index contributed by atoms with van der Waals surface area (Å²) in [5.41, 5.74) is 7.51. The van der Waals surface area contributed by atoms with Gasteiger partial charge in [0.2, 0.25) is 0 Å². The van der Waals surface area contributed by atoms with Gasteiger partial charge in [0, 0.05) is 0 Å². The van der Waals surface area contributed by atoms with Crippen LogP contribution in [0.5, 0.6) is 5.75 Å². The molecule has 0 radical (unpaired) electrons. The molecule has 1 aromatic rings. The van der Waals surface area contributed by atoms with E-state index in [2.05, 4.69) is 0 Å². The van der Waals surface area contributed by atoms with Crippen LogP contribution in [0, 0.1) is 0 Å². The second-order valence-electron chi connectivity index (χ2n) is 3.35. The average Bonchev–Trinajstić information content (AvgIpc) is 2.17. The lowest BCUT2D eigenvalue weighted by molar-refractivity contribution is 0.457.